The molecule has 2 aromatic rings. The Labute approximate surface area is 154 Å². The zero-order valence-electron chi connectivity index (χ0n) is 14.5. The summed E-state index contributed by atoms with van der Waals surface area (Å²) >= 11 is 0. The zero-order chi connectivity index (χ0) is 19.4. The van der Waals surface area contributed by atoms with Crippen LogP contribution in [0, 0.1) is 0 Å². The van der Waals surface area contributed by atoms with Crippen LogP contribution in [0.1, 0.15) is 18.2 Å². The molecular formula is C18H22N2O7. The zero-order valence-corrected chi connectivity index (χ0v) is 14.5. The topological polar surface area (TPSA) is 134 Å². The Kier molecular flexibility index (Phi) is 6.07. The molecule has 0 bridgehead atoms. The first-order chi connectivity index (χ1) is 13.0. The number of nitrogens with zero attached hydrogens (tertiary/aromatic N) is 1. The quantitative estimate of drug-likeness (QED) is 0.462. The van der Waals surface area contributed by atoms with Crippen LogP contribution in [0.5, 0.6) is 5.75 Å². The Hall–Kier alpha value is -2.46. The van der Waals surface area contributed by atoms with E-state index < -0.39 is 42.4 Å². The van der Waals surface area contributed by atoms with Crippen LogP contribution in [-0.4, -0.2) is 56.4 Å². The van der Waals surface area contributed by atoms with Crippen LogP contribution in [0.25, 0.3) is 0 Å². The van der Waals surface area contributed by atoms with Crippen LogP contribution >= 0.6 is 0 Å². The van der Waals surface area contributed by atoms with Gasteiger partial charge in [0, 0.05) is 0 Å². The second-order valence-corrected chi connectivity index (χ2v) is 6.33. The lowest BCUT2D eigenvalue weighted by Gasteiger charge is -2.18. The molecule has 0 spiro atoms. The smallest absolute Gasteiger partial charge is 0.330 e. The van der Waals surface area contributed by atoms with E-state index in [0.29, 0.717) is 6.42 Å². The van der Waals surface area contributed by atoms with E-state index in [2.05, 4.69) is 4.98 Å². The van der Waals surface area contributed by atoms with Crippen molar-refractivity contribution in [2.24, 2.45) is 0 Å². The van der Waals surface area contributed by atoms with Crippen LogP contribution in [-0.2, 0) is 11.2 Å². The van der Waals surface area contributed by atoms with E-state index in [1.807, 2.05) is 30.3 Å². The summed E-state index contributed by atoms with van der Waals surface area (Å²) in [6, 6.07) is 9.81. The second-order valence-electron chi connectivity index (χ2n) is 6.33. The van der Waals surface area contributed by atoms with Crippen molar-refractivity contribution in [3.63, 3.8) is 0 Å². The minimum atomic E-state index is -1.43. The van der Waals surface area contributed by atoms with E-state index >= 15 is 0 Å². The average molecular weight is 378 g/mol. The Morgan fingerprint density at radius 2 is 1.89 bits per heavy atom. The number of aromatic amines is 1. The number of benzene rings is 1. The van der Waals surface area contributed by atoms with Crippen LogP contribution in [0.15, 0.2) is 46.1 Å². The van der Waals surface area contributed by atoms with Gasteiger partial charge in [-0.05, 0) is 18.4 Å². The Balaban J connectivity index is 1.69. The molecule has 1 fully saturated rings. The summed E-state index contributed by atoms with van der Waals surface area (Å²) in [5.41, 5.74) is -0.360. The molecule has 9 heteroatoms. The van der Waals surface area contributed by atoms with Gasteiger partial charge in [-0.15, -0.1) is 0 Å². The molecule has 0 amide bonds. The van der Waals surface area contributed by atoms with Gasteiger partial charge in [-0.3, -0.25) is 14.3 Å². The number of hydrogen-bond acceptors (Lipinski definition) is 7. The van der Waals surface area contributed by atoms with Crippen LogP contribution in [0.2, 0.25) is 0 Å². The van der Waals surface area contributed by atoms with Gasteiger partial charge in [-0.1, -0.05) is 30.3 Å². The standard InChI is InChI=1S/C18H22N2O7/c21-10-13-14(22)15(23)17(27-13)20-9-12(16(24)19-18(20)25)26-8-4-7-11-5-2-1-3-6-11/h1-3,5-6,9,13-15,17,21-23H,4,7-8,10H2,(H,19,24,25)/t13-,14-,15-,17-/m0/s1. The molecular weight excluding hydrogens is 356 g/mol. The Bertz CT molecular complexity index is 864. The first kappa shape index (κ1) is 19.3. The van der Waals surface area contributed by atoms with Crippen molar-refractivity contribution in [2.45, 2.75) is 37.4 Å². The highest BCUT2D eigenvalue weighted by Crippen LogP contribution is 2.28. The van der Waals surface area contributed by atoms with Gasteiger partial charge in [0.25, 0.3) is 5.56 Å². The molecule has 1 saturated heterocycles. The highest BCUT2D eigenvalue weighted by atomic mass is 16.6. The summed E-state index contributed by atoms with van der Waals surface area (Å²) in [5, 5.41) is 29.0. The fourth-order valence-corrected chi connectivity index (χ4v) is 2.97. The normalized spacial score (nSPS) is 24.9. The number of H-pyrrole nitrogens is 1. The van der Waals surface area contributed by atoms with Gasteiger partial charge >= 0.3 is 5.69 Å². The molecule has 1 aromatic heterocycles. The van der Waals surface area contributed by atoms with Crippen molar-refractivity contribution in [3.05, 3.63) is 62.9 Å². The third kappa shape index (κ3) is 4.28. The number of hydrogen-bond donors (Lipinski definition) is 4. The monoisotopic (exact) mass is 378 g/mol. The third-order valence-corrected chi connectivity index (χ3v) is 4.44. The Morgan fingerprint density at radius 3 is 2.56 bits per heavy atom. The van der Waals surface area contributed by atoms with Gasteiger partial charge in [0.15, 0.2) is 6.23 Å². The second kappa shape index (κ2) is 8.49. The lowest BCUT2D eigenvalue weighted by molar-refractivity contribution is -0.0553. The summed E-state index contributed by atoms with van der Waals surface area (Å²) in [4.78, 5) is 26.1. The number of aliphatic hydroxyl groups is 3. The van der Waals surface area contributed by atoms with Crippen molar-refractivity contribution in [2.75, 3.05) is 13.2 Å². The van der Waals surface area contributed by atoms with Gasteiger partial charge in [-0.25, -0.2) is 4.79 Å². The first-order valence-electron chi connectivity index (χ1n) is 8.66. The molecule has 146 valence electrons. The van der Waals surface area contributed by atoms with E-state index in [4.69, 9.17) is 14.6 Å². The lowest BCUT2D eigenvalue weighted by atomic mass is 10.1. The van der Waals surface area contributed by atoms with Crippen LogP contribution in [0.3, 0.4) is 0 Å². The molecule has 27 heavy (non-hydrogen) atoms. The van der Waals surface area contributed by atoms with Crippen molar-refractivity contribution in [1.29, 1.82) is 0 Å². The van der Waals surface area contributed by atoms with Gasteiger partial charge in [0.2, 0.25) is 5.75 Å². The van der Waals surface area contributed by atoms with Crippen LogP contribution in [0.4, 0.5) is 0 Å². The number of aliphatic hydroxyl groups excluding tert-OH is 3. The van der Waals surface area contributed by atoms with Gasteiger partial charge in [-0.2, -0.15) is 0 Å². The summed E-state index contributed by atoms with van der Waals surface area (Å²) in [6.45, 7) is -0.262. The number of aromatic nitrogens is 2. The maximum Gasteiger partial charge on any atom is 0.330 e. The third-order valence-electron chi connectivity index (χ3n) is 4.44. The number of rotatable bonds is 7. The molecule has 3 rings (SSSR count). The van der Waals surface area contributed by atoms with E-state index in [-0.39, 0.29) is 12.4 Å². The van der Waals surface area contributed by atoms with Crippen molar-refractivity contribution in [1.82, 2.24) is 9.55 Å². The Morgan fingerprint density at radius 1 is 1.15 bits per heavy atom. The van der Waals surface area contributed by atoms with E-state index in [1.165, 1.54) is 0 Å². The molecule has 1 aliphatic heterocycles. The van der Waals surface area contributed by atoms with E-state index in [9.17, 15) is 19.8 Å². The fraction of sp³-hybridized carbons (Fsp3) is 0.444. The number of aryl methyl sites for hydroxylation is 1. The molecule has 0 radical (unpaired) electrons. The first-order valence-corrected chi connectivity index (χ1v) is 8.66. The van der Waals surface area contributed by atoms with Crippen LogP contribution < -0.4 is 16.0 Å². The van der Waals surface area contributed by atoms with Gasteiger partial charge < -0.3 is 24.8 Å². The van der Waals surface area contributed by atoms with Crippen molar-refractivity contribution in [3.8, 4) is 5.75 Å². The lowest BCUT2D eigenvalue weighted by Crippen LogP contribution is -2.38. The minimum Gasteiger partial charge on any atom is -0.487 e. The largest absolute Gasteiger partial charge is 0.487 e. The van der Waals surface area contributed by atoms with Crippen molar-refractivity contribution < 1.29 is 24.8 Å². The summed E-state index contributed by atoms with van der Waals surface area (Å²) < 4.78 is 11.7. The summed E-state index contributed by atoms with van der Waals surface area (Å²) in [7, 11) is 0. The predicted octanol–water partition coefficient (Wildman–Crippen LogP) is -0.840. The van der Waals surface area contributed by atoms with Gasteiger partial charge in [0.05, 0.1) is 19.4 Å². The maximum atomic E-state index is 12.1. The molecule has 0 saturated carbocycles. The maximum absolute atomic E-state index is 12.1. The van der Waals surface area contributed by atoms with E-state index in [0.717, 1.165) is 22.7 Å². The molecule has 4 N–H and O–H groups in total. The van der Waals surface area contributed by atoms with E-state index in [1.54, 1.807) is 0 Å². The molecule has 2 heterocycles. The summed E-state index contributed by atoms with van der Waals surface area (Å²) in [5.74, 6) is -0.0969. The molecule has 1 aliphatic rings. The molecule has 9 nitrogen and oxygen atoms in total. The minimum absolute atomic E-state index is 0.0969. The van der Waals surface area contributed by atoms with Gasteiger partial charge in [0.1, 0.15) is 18.3 Å². The average Bonchev–Trinajstić information content (AvgIpc) is 2.95. The van der Waals surface area contributed by atoms with Crippen molar-refractivity contribution >= 4 is 0 Å². The number of nitrogens with one attached hydrogen (secondary N) is 1. The number of ether oxygens (including phenoxy) is 2. The summed E-state index contributed by atoms with van der Waals surface area (Å²) in [6.07, 6.45) is -2.48. The molecule has 1 aromatic carbocycles. The SMILES string of the molecule is O=c1[nH]c(=O)n([C@H]2O[C@@H](CO)[C@H](O)[C@@H]2O)cc1OCCCc1ccccc1. The molecule has 0 aliphatic carbocycles. The fourth-order valence-electron chi connectivity index (χ4n) is 2.97. The highest BCUT2D eigenvalue weighted by Gasteiger charge is 2.43. The molecule has 4 atom stereocenters. The highest BCUT2D eigenvalue weighted by molar-refractivity contribution is 5.15. The molecule has 0 unspecified atom stereocenters. The predicted molar refractivity (Wildman–Crippen MR) is 94.6 cm³/mol.